The molecule has 2 aliphatic heterocycles. The van der Waals surface area contributed by atoms with Crippen LogP contribution in [-0.4, -0.2) is 53.5 Å². The maximum absolute atomic E-state index is 12.8. The van der Waals surface area contributed by atoms with Gasteiger partial charge in [0.05, 0.1) is 18.4 Å². The highest BCUT2D eigenvalue weighted by atomic mass is 32.2. The predicted molar refractivity (Wildman–Crippen MR) is 119 cm³/mol. The number of nitrogens with one attached hydrogen (secondary N) is 1. The number of nitrogens with zero attached hydrogens (tertiary/aromatic N) is 2. The summed E-state index contributed by atoms with van der Waals surface area (Å²) in [5.41, 5.74) is 1.50. The summed E-state index contributed by atoms with van der Waals surface area (Å²) in [4.78, 5) is 43.2. The van der Waals surface area contributed by atoms with E-state index in [4.69, 9.17) is 9.47 Å². The minimum absolute atomic E-state index is 0.0603. The van der Waals surface area contributed by atoms with E-state index in [-0.39, 0.29) is 25.0 Å². The van der Waals surface area contributed by atoms with Gasteiger partial charge in [0.25, 0.3) is 0 Å². The molecule has 32 heavy (non-hydrogen) atoms. The number of hydrogen-bond acceptors (Lipinski definition) is 8. The molecule has 1 atom stereocenters. The SMILES string of the molecule is CCN1C(=O)CC(C(=O)Nc2ccc(C(=O)OC)cc2)SC1=Nc1ccc2c(c1)OCO2. The van der Waals surface area contributed by atoms with Crippen molar-refractivity contribution in [3.05, 3.63) is 48.0 Å². The number of methoxy groups -OCH3 is 1. The van der Waals surface area contributed by atoms with E-state index in [9.17, 15) is 14.4 Å². The van der Waals surface area contributed by atoms with Gasteiger partial charge in [-0.15, -0.1) is 0 Å². The fourth-order valence-corrected chi connectivity index (χ4v) is 4.41. The molecule has 2 heterocycles. The molecule has 0 aromatic heterocycles. The van der Waals surface area contributed by atoms with Crippen LogP contribution in [0.15, 0.2) is 47.5 Å². The zero-order valence-corrected chi connectivity index (χ0v) is 18.3. The maximum atomic E-state index is 12.8. The number of thioether (sulfide) groups is 1. The number of carbonyl (C=O) groups is 3. The Balaban J connectivity index is 1.50. The molecule has 0 aliphatic carbocycles. The first-order valence-electron chi connectivity index (χ1n) is 9.93. The molecule has 2 aliphatic rings. The molecule has 0 bridgehead atoms. The van der Waals surface area contributed by atoms with Crippen LogP contribution < -0.4 is 14.8 Å². The fourth-order valence-electron chi connectivity index (χ4n) is 3.25. The number of carbonyl (C=O) groups excluding carboxylic acids is 3. The number of ether oxygens (including phenoxy) is 3. The number of rotatable bonds is 5. The summed E-state index contributed by atoms with van der Waals surface area (Å²) >= 11 is 1.23. The van der Waals surface area contributed by atoms with Gasteiger partial charge in [-0.1, -0.05) is 11.8 Å². The van der Waals surface area contributed by atoms with Crippen LogP contribution in [0.4, 0.5) is 11.4 Å². The van der Waals surface area contributed by atoms with Gasteiger partial charge < -0.3 is 19.5 Å². The molecule has 0 radical (unpaired) electrons. The third kappa shape index (κ3) is 4.54. The zero-order chi connectivity index (χ0) is 22.7. The molecular formula is C22H21N3O6S. The number of benzene rings is 2. The predicted octanol–water partition coefficient (Wildman–Crippen LogP) is 3.18. The summed E-state index contributed by atoms with van der Waals surface area (Å²) in [5, 5.41) is 2.60. The van der Waals surface area contributed by atoms with Crippen LogP contribution in [0.2, 0.25) is 0 Å². The van der Waals surface area contributed by atoms with Gasteiger partial charge in [-0.05, 0) is 43.3 Å². The molecule has 1 unspecified atom stereocenters. The van der Waals surface area contributed by atoms with Gasteiger partial charge in [0, 0.05) is 24.7 Å². The molecule has 1 N–H and O–H groups in total. The lowest BCUT2D eigenvalue weighted by atomic mass is 10.2. The Morgan fingerprint density at radius 2 is 1.94 bits per heavy atom. The molecule has 0 spiro atoms. The van der Waals surface area contributed by atoms with Crippen molar-refractivity contribution in [3.63, 3.8) is 0 Å². The van der Waals surface area contributed by atoms with Crippen LogP contribution in [0.25, 0.3) is 0 Å². The van der Waals surface area contributed by atoms with Gasteiger partial charge in [0.1, 0.15) is 5.25 Å². The minimum atomic E-state index is -0.640. The lowest BCUT2D eigenvalue weighted by molar-refractivity contribution is -0.129. The Kier molecular flexibility index (Phi) is 6.31. The van der Waals surface area contributed by atoms with E-state index < -0.39 is 11.2 Å². The fraction of sp³-hybridized carbons (Fsp3) is 0.273. The number of aliphatic imine (C=N–C) groups is 1. The van der Waals surface area contributed by atoms with Crippen molar-refractivity contribution in [2.45, 2.75) is 18.6 Å². The second-order valence-electron chi connectivity index (χ2n) is 6.94. The van der Waals surface area contributed by atoms with E-state index in [2.05, 4.69) is 15.0 Å². The summed E-state index contributed by atoms with van der Waals surface area (Å²) in [6, 6.07) is 11.6. The van der Waals surface area contributed by atoms with E-state index >= 15 is 0 Å². The maximum Gasteiger partial charge on any atom is 0.337 e. The monoisotopic (exact) mass is 455 g/mol. The van der Waals surface area contributed by atoms with Crippen molar-refractivity contribution in [1.29, 1.82) is 0 Å². The van der Waals surface area contributed by atoms with Gasteiger partial charge in [-0.2, -0.15) is 0 Å². The van der Waals surface area contributed by atoms with E-state index in [0.29, 0.717) is 40.1 Å². The quantitative estimate of drug-likeness (QED) is 0.690. The van der Waals surface area contributed by atoms with E-state index in [0.717, 1.165) is 0 Å². The first-order chi connectivity index (χ1) is 15.5. The highest BCUT2D eigenvalue weighted by Crippen LogP contribution is 2.36. The molecule has 1 saturated heterocycles. The summed E-state index contributed by atoms with van der Waals surface area (Å²) in [6.07, 6.45) is 0.0603. The average Bonchev–Trinajstić information content (AvgIpc) is 3.27. The Hall–Kier alpha value is -3.53. The molecule has 4 rings (SSSR count). The molecule has 166 valence electrons. The number of anilines is 1. The molecule has 0 saturated carbocycles. The second-order valence-corrected chi connectivity index (χ2v) is 8.11. The van der Waals surface area contributed by atoms with Crippen molar-refractivity contribution >= 4 is 46.1 Å². The Morgan fingerprint density at radius 3 is 2.66 bits per heavy atom. The molecule has 9 nitrogen and oxygen atoms in total. The van der Waals surface area contributed by atoms with E-state index in [1.54, 1.807) is 47.4 Å². The van der Waals surface area contributed by atoms with E-state index in [1.807, 2.05) is 6.92 Å². The van der Waals surface area contributed by atoms with Crippen LogP contribution >= 0.6 is 11.8 Å². The second kappa shape index (κ2) is 9.31. The summed E-state index contributed by atoms with van der Waals surface area (Å²) < 4.78 is 15.4. The molecule has 2 aromatic rings. The third-order valence-electron chi connectivity index (χ3n) is 4.90. The average molecular weight is 455 g/mol. The molecule has 1 fully saturated rings. The lowest BCUT2D eigenvalue weighted by Gasteiger charge is -2.30. The largest absolute Gasteiger partial charge is 0.465 e. The number of esters is 1. The van der Waals surface area contributed by atoms with Gasteiger partial charge in [-0.25, -0.2) is 9.79 Å². The Morgan fingerprint density at radius 1 is 1.19 bits per heavy atom. The minimum Gasteiger partial charge on any atom is -0.465 e. The lowest BCUT2D eigenvalue weighted by Crippen LogP contribution is -2.45. The number of amidine groups is 1. The number of fused-ring (bicyclic) bond motifs is 1. The van der Waals surface area contributed by atoms with Crippen LogP contribution in [0.1, 0.15) is 23.7 Å². The highest BCUT2D eigenvalue weighted by molar-refractivity contribution is 8.15. The first-order valence-corrected chi connectivity index (χ1v) is 10.8. The van der Waals surface area contributed by atoms with Crippen LogP contribution in [0.3, 0.4) is 0 Å². The van der Waals surface area contributed by atoms with Crippen molar-refractivity contribution < 1.29 is 28.6 Å². The smallest absolute Gasteiger partial charge is 0.337 e. The van der Waals surface area contributed by atoms with Crippen molar-refractivity contribution in [2.75, 3.05) is 25.8 Å². The van der Waals surface area contributed by atoms with Crippen LogP contribution in [0, 0.1) is 0 Å². The molecule has 2 aromatic carbocycles. The zero-order valence-electron chi connectivity index (χ0n) is 17.5. The Bertz CT molecular complexity index is 1090. The van der Waals surface area contributed by atoms with E-state index in [1.165, 1.54) is 18.9 Å². The number of hydrogen-bond donors (Lipinski definition) is 1. The third-order valence-corrected chi connectivity index (χ3v) is 6.09. The summed E-state index contributed by atoms with van der Waals surface area (Å²) in [6.45, 7) is 2.46. The normalized spacial score (nSPS) is 18.6. The van der Waals surface area contributed by atoms with Crippen molar-refractivity contribution in [3.8, 4) is 11.5 Å². The van der Waals surface area contributed by atoms with Gasteiger partial charge in [-0.3, -0.25) is 14.5 Å². The van der Waals surface area contributed by atoms with Crippen LogP contribution in [0.5, 0.6) is 11.5 Å². The standard InChI is InChI=1S/C22H21N3O6S/c1-3-25-19(26)11-18(20(27)23-14-6-4-13(5-7-14)21(28)29-2)32-22(25)24-15-8-9-16-17(10-15)31-12-30-16/h4-10,18H,3,11-12H2,1-2H3,(H,23,27). The van der Waals surface area contributed by atoms with Crippen LogP contribution in [-0.2, 0) is 14.3 Å². The summed E-state index contributed by atoms with van der Waals surface area (Å²) in [7, 11) is 1.30. The van der Waals surface area contributed by atoms with Gasteiger partial charge in [0.2, 0.25) is 18.6 Å². The molecule has 2 amide bonds. The molecular weight excluding hydrogens is 434 g/mol. The highest BCUT2D eigenvalue weighted by Gasteiger charge is 2.35. The van der Waals surface area contributed by atoms with Crippen molar-refractivity contribution in [1.82, 2.24) is 4.90 Å². The van der Waals surface area contributed by atoms with Crippen molar-refractivity contribution in [2.24, 2.45) is 4.99 Å². The topological polar surface area (TPSA) is 107 Å². The van der Waals surface area contributed by atoms with Gasteiger partial charge >= 0.3 is 5.97 Å². The Labute approximate surface area is 188 Å². The van der Waals surface area contributed by atoms with Gasteiger partial charge in [0.15, 0.2) is 16.7 Å². The molecule has 10 heteroatoms. The summed E-state index contributed by atoms with van der Waals surface area (Å²) in [5.74, 6) is 0.284. The first kappa shape index (κ1) is 21.7. The number of amides is 2.